The zero-order chi connectivity index (χ0) is 8.93. The molecule has 2 fully saturated rings. The maximum absolute atomic E-state index is 4.56. The van der Waals surface area contributed by atoms with Crippen molar-refractivity contribution in [2.45, 2.75) is 44.9 Å². The number of hydrogen-bond acceptors (Lipinski definition) is 2. The van der Waals surface area contributed by atoms with E-state index in [2.05, 4.69) is 16.3 Å². The average molecular weight is 180 g/mol. The quantitative estimate of drug-likeness (QED) is 0.596. The van der Waals surface area contributed by atoms with Crippen LogP contribution in [0.4, 0.5) is 0 Å². The monoisotopic (exact) mass is 180 g/mol. The Balaban J connectivity index is 1.74. The van der Waals surface area contributed by atoms with Crippen LogP contribution in [0.5, 0.6) is 0 Å². The van der Waals surface area contributed by atoms with Gasteiger partial charge in [-0.15, -0.1) is 0 Å². The normalized spacial score (nSPS) is 26.0. The van der Waals surface area contributed by atoms with E-state index in [1.165, 1.54) is 58.0 Å². The summed E-state index contributed by atoms with van der Waals surface area (Å²) >= 11 is 0. The summed E-state index contributed by atoms with van der Waals surface area (Å²) in [6.45, 7) is 2.37. The summed E-state index contributed by atoms with van der Waals surface area (Å²) in [4.78, 5) is 0. The van der Waals surface area contributed by atoms with Crippen molar-refractivity contribution in [1.29, 1.82) is 0 Å². The topological polar surface area (TPSA) is 15.6 Å². The van der Waals surface area contributed by atoms with Crippen LogP contribution in [0.15, 0.2) is 5.10 Å². The van der Waals surface area contributed by atoms with Crippen molar-refractivity contribution < 1.29 is 0 Å². The molecule has 0 N–H and O–H groups in total. The van der Waals surface area contributed by atoms with Crippen molar-refractivity contribution in [2.75, 3.05) is 13.1 Å². The molecule has 1 saturated heterocycles. The minimum Gasteiger partial charge on any atom is -0.297 e. The van der Waals surface area contributed by atoms with Crippen LogP contribution in [0.1, 0.15) is 44.9 Å². The van der Waals surface area contributed by atoms with Gasteiger partial charge in [-0.05, 0) is 31.6 Å². The van der Waals surface area contributed by atoms with Crippen LogP contribution in [0.25, 0.3) is 0 Å². The Morgan fingerprint density at radius 1 is 0.923 bits per heavy atom. The van der Waals surface area contributed by atoms with Crippen molar-refractivity contribution in [3.63, 3.8) is 0 Å². The molecule has 0 aromatic rings. The van der Waals surface area contributed by atoms with Gasteiger partial charge in [-0.2, -0.15) is 5.10 Å². The summed E-state index contributed by atoms with van der Waals surface area (Å²) < 4.78 is 0. The summed E-state index contributed by atoms with van der Waals surface area (Å²) in [5.74, 6) is 0.786. The first-order valence-corrected chi connectivity index (χ1v) is 5.74. The van der Waals surface area contributed by atoms with Crippen LogP contribution in [-0.4, -0.2) is 24.3 Å². The maximum Gasteiger partial charge on any atom is 0.0360 e. The highest BCUT2D eigenvalue weighted by Gasteiger charge is 2.12. The second-order valence-corrected chi connectivity index (χ2v) is 4.32. The predicted molar refractivity (Wildman–Crippen MR) is 55.9 cm³/mol. The third-order valence-electron chi connectivity index (χ3n) is 3.17. The van der Waals surface area contributed by atoms with Crippen LogP contribution in [0.2, 0.25) is 0 Å². The Hall–Kier alpha value is -0.530. The van der Waals surface area contributed by atoms with Gasteiger partial charge in [0.25, 0.3) is 0 Å². The number of hydrogen-bond donors (Lipinski definition) is 0. The lowest BCUT2D eigenvalue weighted by atomic mass is 9.90. The van der Waals surface area contributed by atoms with E-state index in [-0.39, 0.29) is 0 Å². The Labute approximate surface area is 81.0 Å². The molecule has 1 aliphatic heterocycles. The molecule has 13 heavy (non-hydrogen) atoms. The summed E-state index contributed by atoms with van der Waals surface area (Å²) in [6.07, 6.45) is 11.9. The van der Waals surface area contributed by atoms with Crippen LogP contribution in [0, 0.1) is 5.92 Å². The van der Waals surface area contributed by atoms with Gasteiger partial charge in [0.1, 0.15) is 0 Å². The fourth-order valence-electron chi connectivity index (χ4n) is 2.29. The second kappa shape index (κ2) is 4.64. The molecule has 0 aromatic heterocycles. The van der Waals surface area contributed by atoms with Crippen molar-refractivity contribution in [1.82, 2.24) is 5.01 Å². The molecule has 0 atom stereocenters. The van der Waals surface area contributed by atoms with Crippen molar-refractivity contribution >= 4 is 6.21 Å². The zero-order valence-electron chi connectivity index (χ0n) is 8.41. The number of hydrazone groups is 1. The first kappa shape index (κ1) is 9.04. The minimum absolute atomic E-state index is 0.786. The highest BCUT2D eigenvalue weighted by Crippen LogP contribution is 2.22. The van der Waals surface area contributed by atoms with Crippen LogP contribution >= 0.6 is 0 Å². The molecule has 2 aliphatic rings. The van der Waals surface area contributed by atoms with Crippen molar-refractivity contribution in [3.8, 4) is 0 Å². The summed E-state index contributed by atoms with van der Waals surface area (Å²) in [6, 6.07) is 0. The molecule has 0 radical (unpaired) electrons. The van der Waals surface area contributed by atoms with Gasteiger partial charge in [-0.25, -0.2) is 0 Å². The van der Waals surface area contributed by atoms with Crippen LogP contribution in [-0.2, 0) is 0 Å². The van der Waals surface area contributed by atoms with Gasteiger partial charge in [0.15, 0.2) is 0 Å². The molecule has 1 aliphatic carbocycles. The molecule has 74 valence electrons. The van der Waals surface area contributed by atoms with E-state index >= 15 is 0 Å². The average Bonchev–Trinajstić information content (AvgIpc) is 2.69. The molecule has 2 heteroatoms. The molecule has 0 unspecified atom stereocenters. The molecule has 0 amide bonds. The van der Waals surface area contributed by atoms with E-state index in [1.807, 2.05) is 0 Å². The van der Waals surface area contributed by atoms with E-state index in [0.717, 1.165) is 5.92 Å². The lowest BCUT2D eigenvalue weighted by Crippen LogP contribution is -2.14. The Morgan fingerprint density at radius 3 is 2.31 bits per heavy atom. The minimum atomic E-state index is 0.786. The van der Waals surface area contributed by atoms with E-state index in [4.69, 9.17) is 0 Å². The summed E-state index contributed by atoms with van der Waals surface area (Å²) in [5.41, 5.74) is 0. The first-order chi connectivity index (χ1) is 6.45. The Kier molecular flexibility index (Phi) is 3.22. The zero-order valence-corrected chi connectivity index (χ0v) is 8.41. The van der Waals surface area contributed by atoms with Crippen molar-refractivity contribution in [2.24, 2.45) is 11.0 Å². The fraction of sp³-hybridized carbons (Fsp3) is 0.909. The third kappa shape index (κ3) is 2.71. The van der Waals surface area contributed by atoms with Crippen molar-refractivity contribution in [3.05, 3.63) is 0 Å². The van der Waals surface area contributed by atoms with Crippen LogP contribution in [0.3, 0.4) is 0 Å². The molecule has 1 saturated carbocycles. The summed E-state index contributed by atoms with van der Waals surface area (Å²) in [5, 5.41) is 6.79. The lowest BCUT2D eigenvalue weighted by molar-refractivity contribution is 0.354. The van der Waals surface area contributed by atoms with E-state index < -0.39 is 0 Å². The Morgan fingerprint density at radius 2 is 1.62 bits per heavy atom. The highest BCUT2D eigenvalue weighted by molar-refractivity contribution is 5.60. The SMILES string of the molecule is C(=NN1CCCC1)C1CCCCC1. The molecule has 0 aromatic carbocycles. The number of rotatable bonds is 2. The third-order valence-corrected chi connectivity index (χ3v) is 3.17. The molecule has 0 bridgehead atoms. The van der Waals surface area contributed by atoms with Gasteiger partial charge < -0.3 is 0 Å². The van der Waals surface area contributed by atoms with Gasteiger partial charge in [-0.3, -0.25) is 5.01 Å². The van der Waals surface area contributed by atoms with E-state index in [0.29, 0.717) is 0 Å². The summed E-state index contributed by atoms with van der Waals surface area (Å²) in [7, 11) is 0. The molecule has 0 spiro atoms. The van der Waals surface area contributed by atoms with E-state index in [9.17, 15) is 0 Å². The predicted octanol–water partition coefficient (Wildman–Crippen LogP) is 2.65. The molecular formula is C11H20N2. The first-order valence-electron chi connectivity index (χ1n) is 5.74. The smallest absolute Gasteiger partial charge is 0.0360 e. The van der Waals surface area contributed by atoms with Gasteiger partial charge >= 0.3 is 0 Å². The largest absolute Gasteiger partial charge is 0.297 e. The second-order valence-electron chi connectivity index (χ2n) is 4.32. The standard InChI is InChI=1S/C11H20N2/c1-2-6-11(7-3-1)10-12-13-8-4-5-9-13/h10-11H,1-9H2. The molecular weight excluding hydrogens is 160 g/mol. The van der Waals surface area contributed by atoms with Gasteiger partial charge in [0.2, 0.25) is 0 Å². The van der Waals surface area contributed by atoms with Gasteiger partial charge in [-0.1, -0.05) is 19.3 Å². The maximum atomic E-state index is 4.56. The molecule has 1 heterocycles. The van der Waals surface area contributed by atoms with Crippen LogP contribution < -0.4 is 0 Å². The highest BCUT2D eigenvalue weighted by atomic mass is 15.5. The molecule has 2 rings (SSSR count). The molecule has 2 nitrogen and oxygen atoms in total. The van der Waals surface area contributed by atoms with Gasteiger partial charge in [0.05, 0.1) is 0 Å². The lowest BCUT2D eigenvalue weighted by Gasteiger charge is -2.18. The number of nitrogens with zero attached hydrogens (tertiary/aromatic N) is 2. The Bertz CT molecular complexity index is 165. The van der Waals surface area contributed by atoms with E-state index in [1.54, 1.807) is 0 Å². The van der Waals surface area contributed by atoms with Gasteiger partial charge in [0, 0.05) is 19.3 Å². The fourth-order valence-corrected chi connectivity index (χ4v) is 2.29.